The molecule has 0 aromatic heterocycles. The third kappa shape index (κ3) is 3.23. The Morgan fingerprint density at radius 1 is 1.19 bits per heavy atom. The number of aromatic hydroxyl groups is 1. The molecule has 2 unspecified atom stereocenters. The summed E-state index contributed by atoms with van der Waals surface area (Å²) < 4.78 is 6.44. The number of hydrogen-bond donors (Lipinski definition) is 1. The molecule has 4 nitrogen and oxygen atoms in total. The highest BCUT2D eigenvalue weighted by atomic mass is 16.5. The van der Waals surface area contributed by atoms with Gasteiger partial charge in [-0.15, -0.1) is 4.91 Å². The number of phenolic OH excluding ortho intramolecular Hbond substituents is 1. The molecular formula is C28H25NO3. The lowest BCUT2D eigenvalue weighted by molar-refractivity contribution is 0.403. The first-order chi connectivity index (χ1) is 15.5. The van der Waals surface area contributed by atoms with Gasteiger partial charge < -0.3 is 9.84 Å². The summed E-state index contributed by atoms with van der Waals surface area (Å²) in [6.07, 6.45) is 12.9. The van der Waals surface area contributed by atoms with E-state index in [1.807, 2.05) is 49.4 Å². The lowest BCUT2D eigenvalue weighted by atomic mass is 9.74. The van der Waals surface area contributed by atoms with Crippen molar-refractivity contribution in [3.05, 3.63) is 111 Å². The number of fused-ring (bicyclic) bond motifs is 3. The van der Waals surface area contributed by atoms with E-state index in [1.165, 1.54) is 11.1 Å². The number of phenols is 1. The van der Waals surface area contributed by atoms with Crippen molar-refractivity contribution in [1.82, 2.24) is 0 Å². The van der Waals surface area contributed by atoms with Crippen molar-refractivity contribution in [2.24, 2.45) is 11.1 Å². The van der Waals surface area contributed by atoms with E-state index in [0.717, 1.165) is 45.4 Å². The Bertz CT molecular complexity index is 1330. The predicted octanol–water partition coefficient (Wildman–Crippen LogP) is 7.35. The zero-order chi connectivity index (χ0) is 22.4. The second-order valence-electron chi connectivity index (χ2n) is 8.68. The highest BCUT2D eigenvalue weighted by Crippen LogP contribution is 2.53. The van der Waals surface area contributed by atoms with Gasteiger partial charge in [-0.25, -0.2) is 0 Å². The van der Waals surface area contributed by atoms with E-state index in [9.17, 15) is 10.0 Å². The molecule has 0 radical (unpaired) electrons. The Labute approximate surface area is 187 Å². The fourth-order valence-electron chi connectivity index (χ4n) is 5.00. The zero-order valence-electron chi connectivity index (χ0n) is 18.4. The van der Waals surface area contributed by atoms with Crippen LogP contribution in [0.4, 0.5) is 0 Å². The monoisotopic (exact) mass is 423 g/mol. The molecule has 4 heteroatoms. The zero-order valence-corrected chi connectivity index (χ0v) is 18.4. The number of nitroso groups, excluding NO2 is 1. The largest absolute Gasteiger partial charge is 0.508 e. The molecule has 0 bridgehead atoms. The molecule has 2 aromatic rings. The fraction of sp³-hybridized carbons (Fsp3) is 0.214. The van der Waals surface area contributed by atoms with Gasteiger partial charge in [-0.05, 0) is 84.1 Å². The minimum absolute atomic E-state index is 0.0581. The molecule has 5 rings (SSSR count). The normalized spacial score (nSPS) is 25.8. The van der Waals surface area contributed by atoms with Gasteiger partial charge in [-0.1, -0.05) is 48.4 Å². The Kier molecular flexibility index (Phi) is 4.93. The molecule has 2 aliphatic carbocycles. The van der Waals surface area contributed by atoms with Crippen molar-refractivity contribution in [2.75, 3.05) is 0 Å². The van der Waals surface area contributed by atoms with Gasteiger partial charge in [0.1, 0.15) is 23.0 Å². The number of benzene rings is 2. The standard InChI is InChI=1S/C28H25NO3/c1-4-24-27(22-14-20(29-31)10-6-17(22)3)26(19-7-5-16(2)13-19)28-23-15-21(30)11-8-18(23)9-12-25(28)32-24/h4-12,14-15,17,26,30H,13H2,1-3H3/b24-4+,27-22+. The van der Waals surface area contributed by atoms with Crippen LogP contribution in [0.3, 0.4) is 0 Å². The molecule has 32 heavy (non-hydrogen) atoms. The Balaban J connectivity index is 1.86. The number of nitrogens with zero attached hydrogens (tertiary/aromatic N) is 1. The molecule has 1 N–H and O–H groups in total. The van der Waals surface area contributed by atoms with E-state index >= 15 is 0 Å². The van der Waals surface area contributed by atoms with Crippen molar-refractivity contribution in [3.8, 4) is 11.5 Å². The minimum atomic E-state index is -0.0581. The lowest BCUT2D eigenvalue weighted by Gasteiger charge is -2.35. The predicted molar refractivity (Wildman–Crippen MR) is 128 cm³/mol. The fourth-order valence-corrected chi connectivity index (χ4v) is 5.00. The van der Waals surface area contributed by atoms with Crippen LogP contribution in [0.1, 0.15) is 38.7 Å². The Morgan fingerprint density at radius 3 is 2.72 bits per heavy atom. The van der Waals surface area contributed by atoms with Crippen LogP contribution >= 0.6 is 0 Å². The van der Waals surface area contributed by atoms with Crippen LogP contribution in [0.15, 0.2) is 106 Å². The van der Waals surface area contributed by atoms with Crippen LogP contribution in [0.2, 0.25) is 0 Å². The summed E-state index contributed by atoms with van der Waals surface area (Å²) in [4.78, 5) is 11.4. The lowest BCUT2D eigenvalue weighted by Crippen LogP contribution is -2.21. The maximum Gasteiger partial charge on any atom is 0.132 e. The second-order valence-corrected chi connectivity index (χ2v) is 8.68. The van der Waals surface area contributed by atoms with E-state index in [4.69, 9.17) is 4.74 Å². The first-order valence-electron chi connectivity index (χ1n) is 10.9. The van der Waals surface area contributed by atoms with E-state index < -0.39 is 0 Å². The first-order valence-corrected chi connectivity index (χ1v) is 10.9. The molecule has 0 saturated carbocycles. The van der Waals surface area contributed by atoms with E-state index in [-0.39, 0.29) is 17.6 Å². The van der Waals surface area contributed by atoms with Crippen LogP contribution in [0, 0.1) is 10.8 Å². The summed E-state index contributed by atoms with van der Waals surface area (Å²) in [5.74, 6) is 1.88. The van der Waals surface area contributed by atoms with Crippen molar-refractivity contribution in [2.45, 2.75) is 33.1 Å². The maximum absolute atomic E-state index is 11.4. The summed E-state index contributed by atoms with van der Waals surface area (Å²) >= 11 is 0. The van der Waals surface area contributed by atoms with Crippen LogP contribution in [-0.2, 0) is 0 Å². The minimum Gasteiger partial charge on any atom is -0.508 e. The Morgan fingerprint density at radius 2 is 2.00 bits per heavy atom. The quantitative estimate of drug-likeness (QED) is 0.514. The van der Waals surface area contributed by atoms with Gasteiger partial charge in [-0.3, -0.25) is 0 Å². The molecule has 0 fully saturated rings. The average Bonchev–Trinajstić information content (AvgIpc) is 3.23. The van der Waals surface area contributed by atoms with Gasteiger partial charge in [0.2, 0.25) is 0 Å². The first kappa shape index (κ1) is 20.3. The smallest absolute Gasteiger partial charge is 0.132 e. The highest BCUT2D eigenvalue weighted by Gasteiger charge is 2.37. The van der Waals surface area contributed by atoms with Crippen molar-refractivity contribution < 1.29 is 9.84 Å². The van der Waals surface area contributed by atoms with Crippen LogP contribution in [-0.4, -0.2) is 5.11 Å². The van der Waals surface area contributed by atoms with Crippen molar-refractivity contribution >= 4 is 10.8 Å². The molecule has 0 spiro atoms. The molecule has 160 valence electrons. The topological polar surface area (TPSA) is 58.9 Å². The number of ether oxygens (including phenoxy) is 1. The number of hydrogen-bond acceptors (Lipinski definition) is 4. The molecule has 2 aromatic carbocycles. The number of allylic oxidation sites excluding steroid dienone is 10. The molecular weight excluding hydrogens is 398 g/mol. The van der Waals surface area contributed by atoms with Gasteiger partial charge >= 0.3 is 0 Å². The molecule has 2 atom stereocenters. The third-order valence-electron chi connectivity index (χ3n) is 6.53. The van der Waals surface area contributed by atoms with Gasteiger partial charge in [0.15, 0.2) is 0 Å². The molecule has 3 aliphatic rings. The summed E-state index contributed by atoms with van der Waals surface area (Å²) in [6.45, 7) is 6.24. The summed E-state index contributed by atoms with van der Waals surface area (Å²) in [5.41, 5.74) is 6.15. The summed E-state index contributed by atoms with van der Waals surface area (Å²) in [6, 6.07) is 9.52. The second kappa shape index (κ2) is 7.79. The molecule has 1 aliphatic heterocycles. The molecule has 0 amide bonds. The van der Waals surface area contributed by atoms with Crippen LogP contribution < -0.4 is 4.74 Å². The van der Waals surface area contributed by atoms with Crippen LogP contribution in [0.25, 0.3) is 10.8 Å². The van der Waals surface area contributed by atoms with Gasteiger partial charge in [0, 0.05) is 17.1 Å². The van der Waals surface area contributed by atoms with Gasteiger partial charge in [-0.2, -0.15) is 0 Å². The summed E-state index contributed by atoms with van der Waals surface area (Å²) in [5, 5.41) is 15.5. The van der Waals surface area contributed by atoms with E-state index in [2.05, 4.69) is 31.2 Å². The number of rotatable bonds is 2. The molecule has 0 saturated heterocycles. The summed E-state index contributed by atoms with van der Waals surface area (Å²) in [7, 11) is 0. The third-order valence-corrected chi connectivity index (χ3v) is 6.53. The van der Waals surface area contributed by atoms with Gasteiger partial charge in [0.05, 0.1) is 0 Å². The van der Waals surface area contributed by atoms with Crippen molar-refractivity contribution in [1.29, 1.82) is 0 Å². The van der Waals surface area contributed by atoms with Gasteiger partial charge in [0.25, 0.3) is 0 Å². The van der Waals surface area contributed by atoms with Crippen LogP contribution in [0.5, 0.6) is 11.5 Å². The van der Waals surface area contributed by atoms with E-state index in [1.54, 1.807) is 12.1 Å². The average molecular weight is 424 g/mol. The maximum atomic E-state index is 11.4. The SMILES string of the molecule is C/C=C1/Oc2ccc3ccc(O)cc3c2C(C2=CC=C(C)C2)/C1=C1\C=C(N=O)C=CC1C. The van der Waals surface area contributed by atoms with E-state index in [0.29, 0.717) is 5.70 Å². The Hall–Kier alpha value is -3.66. The molecule has 1 heterocycles. The highest BCUT2D eigenvalue weighted by molar-refractivity contribution is 5.91. The van der Waals surface area contributed by atoms with Crippen molar-refractivity contribution in [3.63, 3.8) is 0 Å².